The number of thiophene rings is 1. The Balaban J connectivity index is 1.90. The molecular formula is C20H17FOS. The maximum atomic E-state index is 14.5. The molecule has 2 aromatic carbocycles. The fourth-order valence-corrected chi connectivity index (χ4v) is 3.46. The van der Waals surface area contributed by atoms with Crippen LogP contribution in [0.1, 0.15) is 28.6 Å². The number of halogens is 1. The van der Waals surface area contributed by atoms with Gasteiger partial charge in [-0.15, -0.1) is 11.3 Å². The van der Waals surface area contributed by atoms with Gasteiger partial charge in [0.2, 0.25) is 0 Å². The Morgan fingerprint density at radius 2 is 1.74 bits per heavy atom. The number of hydrogen-bond acceptors (Lipinski definition) is 2. The highest BCUT2D eigenvalue weighted by atomic mass is 32.1. The normalized spacial score (nSPS) is 10.7. The highest BCUT2D eigenvalue weighted by Crippen LogP contribution is 2.32. The topological polar surface area (TPSA) is 17.1 Å². The molecule has 1 nitrogen and oxygen atoms in total. The molecule has 0 saturated heterocycles. The maximum Gasteiger partial charge on any atom is 0.160 e. The molecule has 23 heavy (non-hydrogen) atoms. The highest BCUT2D eigenvalue weighted by Gasteiger charge is 2.10. The summed E-state index contributed by atoms with van der Waals surface area (Å²) < 4.78 is 14.5. The Morgan fingerprint density at radius 3 is 2.35 bits per heavy atom. The van der Waals surface area contributed by atoms with Crippen molar-refractivity contribution in [3.63, 3.8) is 0 Å². The Hall–Kier alpha value is -2.26. The minimum Gasteiger partial charge on any atom is -0.297 e. The van der Waals surface area contributed by atoms with E-state index in [4.69, 9.17) is 0 Å². The first-order chi connectivity index (χ1) is 11.2. The molecule has 0 aliphatic carbocycles. The zero-order valence-corrected chi connectivity index (χ0v) is 13.7. The van der Waals surface area contributed by atoms with E-state index in [1.807, 2.05) is 18.2 Å². The van der Waals surface area contributed by atoms with E-state index in [9.17, 15) is 9.18 Å². The number of carbonyl (C=O) groups excluding carboxylic acids is 1. The average molecular weight is 324 g/mol. The lowest BCUT2D eigenvalue weighted by molar-refractivity contribution is 0.112. The molecule has 0 N–H and O–H groups in total. The van der Waals surface area contributed by atoms with Crippen molar-refractivity contribution in [1.82, 2.24) is 0 Å². The van der Waals surface area contributed by atoms with Gasteiger partial charge in [-0.3, -0.25) is 4.79 Å². The minimum absolute atomic E-state index is 0.264. The molecule has 0 spiro atoms. The average Bonchev–Trinajstić information content (AvgIpc) is 3.04. The number of hydrogen-bond donors (Lipinski definition) is 0. The van der Waals surface area contributed by atoms with Gasteiger partial charge in [-0.25, -0.2) is 4.39 Å². The molecule has 116 valence electrons. The van der Waals surface area contributed by atoms with Gasteiger partial charge in [0.25, 0.3) is 0 Å². The Kier molecular flexibility index (Phi) is 4.68. The fourth-order valence-electron chi connectivity index (χ4n) is 2.61. The van der Waals surface area contributed by atoms with Gasteiger partial charge < -0.3 is 0 Å². The second-order valence-corrected chi connectivity index (χ2v) is 6.58. The van der Waals surface area contributed by atoms with Crippen molar-refractivity contribution in [2.75, 3.05) is 0 Å². The van der Waals surface area contributed by atoms with Crippen LogP contribution in [-0.2, 0) is 6.42 Å². The smallest absolute Gasteiger partial charge is 0.160 e. The summed E-state index contributed by atoms with van der Waals surface area (Å²) in [6.07, 6.45) is 2.97. The number of rotatable bonds is 5. The van der Waals surface area contributed by atoms with Crippen molar-refractivity contribution in [3.8, 4) is 21.6 Å². The third kappa shape index (κ3) is 3.40. The molecule has 0 fully saturated rings. The maximum absolute atomic E-state index is 14.5. The number of aryl methyl sites for hydroxylation is 1. The van der Waals surface area contributed by atoms with Crippen LogP contribution >= 0.6 is 11.3 Å². The van der Waals surface area contributed by atoms with E-state index in [1.54, 1.807) is 24.3 Å². The predicted molar refractivity (Wildman–Crippen MR) is 94.5 cm³/mol. The van der Waals surface area contributed by atoms with E-state index < -0.39 is 0 Å². The molecule has 3 rings (SSSR count). The molecule has 3 aromatic rings. The van der Waals surface area contributed by atoms with Gasteiger partial charge in [0.15, 0.2) is 6.29 Å². The third-order valence-electron chi connectivity index (χ3n) is 3.80. The summed E-state index contributed by atoms with van der Waals surface area (Å²) in [5.41, 5.74) is 3.71. The highest BCUT2D eigenvalue weighted by molar-refractivity contribution is 7.17. The predicted octanol–water partition coefficient (Wildman–Crippen LogP) is 5.99. The lowest BCUT2D eigenvalue weighted by Gasteiger charge is -2.06. The van der Waals surface area contributed by atoms with Crippen LogP contribution in [0.4, 0.5) is 4.39 Å². The van der Waals surface area contributed by atoms with Gasteiger partial charge in [-0.2, -0.15) is 0 Å². The molecule has 0 unspecified atom stereocenters. The standard InChI is InChI=1S/C20H17FOS/c1-2-3-14-4-6-15(7-5-14)16-8-10-18(19(21)12-16)20-11-9-17(13-22)23-20/h4-13H,2-3H2,1H3. The molecule has 0 bridgehead atoms. The van der Waals surface area contributed by atoms with Crippen LogP contribution < -0.4 is 0 Å². The monoisotopic (exact) mass is 324 g/mol. The first kappa shape index (κ1) is 15.6. The quantitative estimate of drug-likeness (QED) is 0.527. The first-order valence-corrected chi connectivity index (χ1v) is 8.47. The van der Waals surface area contributed by atoms with E-state index >= 15 is 0 Å². The zero-order chi connectivity index (χ0) is 16.2. The lowest BCUT2D eigenvalue weighted by atomic mass is 10.0. The lowest BCUT2D eigenvalue weighted by Crippen LogP contribution is -1.86. The molecular weight excluding hydrogens is 307 g/mol. The summed E-state index contributed by atoms with van der Waals surface area (Å²) >= 11 is 1.30. The van der Waals surface area contributed by atoms with Crippen LogP contribution in [0, 0.1) is 5.82 Å². The molecule has 3 heteroatoms. The largest absolute Gasteiger partial charge is 0.297 e. The zero-order valence-electron chi connectivity index (χ0n) is 12.9. The van der Waals surface area contributed by atoms with Crippen LogP contribution in [0.25, 0.3) is 21.6 Å². The summed E-state index contributed by atoms with van der Waals surface area (Å²) in [7, 11) is 0. The molecule has 1 heterocycles. The minimum atomic E-state index is -0.264. The number of carbonyl (C=O) groups is 1. The number of benzene rings is 2. The molecule has 0 atom stereocenters. The summed E-state index contributed by atoms with van der Waals surface area (Å²) in [5.74, 6) is -0.264. The second-order valence-electron chi connectivity index (χ2n) is 5.46. The molecule has 0 amide bonds. The van der Waals surface area contributed by atoms with Crippen molar-refractivity contribution in [2.24, 2.45) is 0 Å². The van der Waals surface area contributed by atoms with Crippen LogP contribution in [0.5, 0.6) is 0 Å². The van der Waals surface area contributed by atoms with Crippen molar-refractivity contribution in [3.05, 3.63) is 70.9 Å². The Labute approximate surface area is 139 Å². The molecule has 0 saturated carbocycles. The van der Waals surface area contributed by atoms with E-state index in [0.717, 1.165) is 35.1 Å². The summed E-state index contributed by atoms with van der Waals surface area (Å²) in [6, 6.07) is 17.0. The molecule has 1 aromatic heterocycles. The van der Waals surface area contributed by atoms with E-state index in [2.05, 4.69) is 19.1 Å². The van der Waals surface area contributed by atoms with Crippen LogP contribution in [0.15, 0.2) is 54.6 Å². The van der Waals surface area contributed by atoms with E-state index in [1.165, 1.54) is 16.9 Å². The SMILES string of the molecule is CCCc1ccc(-c2ccc(-c3ccc(C=O)s3)c(F)c2)cc1. The summed E-state index contributed by atoms with van der Waals surface area (Å²) in [4.78, 5) is 12.1. The summed E-state index contributed by atoms with van der Waals surface area (Å²) in [5, 5.41) is 0. The van der Waals surface area contributed by atoms with Crippen LogP contribution in [-0.4, -0.2) is 6.29 Å². The van der Waals surface area contributed by atoms with Crippen LogP contribution in [0.2, 0.25) is 0 Å². The number of aldehydes is 1. The van der Waals surface area contributed by atoms with Crippen molar-refractivity contribution in [2.45, 2.75) is 19.8 Å². The third-order valence-corrected chi connectivity index (χ3v) is 4.85. The molecule has 0 aliphatic heterocycles. The van der Waals surface area contributed by atoms with E-state index in [-0.39, 0.29) is 5.82 Å². The van der Waals surface area contributed by atoms with E-state index in [0.29, 0.717) is 10.4 Å². The van der Waals surface area contributed by atoms with Gasteiger partial charge >= 0.3 is 0 Å². The molecule has 0 radical (unpaired) electrons. The molecule has 0 aliphatic rings. The van der Waals surface area contributed by atoms with Crippen molar-refractivity contribution in [1.29, 1.82) is 0 Å². The van der Waals surface area contributed by atoms with Gasteiger partial charge in [0.1, 0.15) is 5.82 Å². The van der Waals surface area contributed by atoms with Gasteiger partial charge in [0, 0.05) is 10.4 Å². The van der Waals surface area contributed by atoms with Gasteiger partial charge in [-0.05, 0) is 47.4 Å². The first-order valence-electron chi connectivity index (χ1n) is 7.65. The second kappa shape index (κ2) is 6.88. The fraction of sp³-hybridized carbons (Fsp3) is 0.150. The van der Waals surface area contributed by atoms with Crippen molar-refractivity contribution >= 4 is 17.6 Å². The Bertz CT molecular complexity index is 818. The van der Waals surface area contributed by atoms with Gasteiger partial charge in [0.05, 0.1) is 4.88 Å². The van der Waals surface area contributed by atoms with Crippen LogP contribution in [0.3, 0.4) is 0 Å². The summed E-state index contributed by atoms with van der Waals surface area (Å²) in [6.45, 7) is 2.16. The van der Waals surface area contributed by atoms with Crippen molar-refractivity contribution < 1.29 is 9.18 Å². The van der Waals surface area contributed by atoms with Gasteiger partial charge in [-0.1, -0.05) is 43.7 Å². The Morgan fingerprint density at radius 1 is 1.00 bits per heavy atom.